The number of aromatic hydroxyl groups is 1. The molecule has 0 aliphatic rings. The van der Waals surface area contributed by atoms with E-state index >= 15 is 0 Å². The average molecular weight is 508 g/mol. The molecule has 0 saturated carbocycles. The van der Waals surface area contributed by atoms with Crippen molar-refractivity contribution in [2.45, 2.75) is 24.0 Å². The lowest BCUT2D eigenvalue weighted by Crippen LogP contribution is -2.16. The van der Waals surface area contributed by atoms with Crippen LogP contribution in [0.1, 0.15) is 17.5 Å². The zero-order valence-electron chi connectivity index (χ0n) is 17.7. The number of hydrogen-bond acceptors (Lipinski definition) is 6. The summed E-state index contributed by atoms with van der Waals surface area (Å²) >= 11 is 6.26. The highest BCUT2D eigenvalue weighted by Gasteiger charge is 2.21. The number of nitrogens with one attached hydrogen (secondary N) is 1. The number of carboxylic acid groups (broad SMARTS) is 1. The molecule has 0 aliphatic heterocycles. The number of sulfone groups is 1. The van der Waals surface area contributed by atoms with E-state index in [1.165, 1.54) is 30.3 Å². The summed E-state index contributed by atoms with van der Waals surface area (Å²) in [5.74, 6) is -3.21. The second kappa shape index (κ2) is 10.1. The maximum atomic E-state index is 13.1. The third-order valence-electron chi connectivity index (χ3n) is 4.58. The van der Waals surface area contributed by atoms with Gasteiger partial charge in [0, 0.05) is 11.8 Å². The minimum absolute atomic E-state index is 0.0724. The van der Waals surface area contributed by atoms with Crippen molar-refractivity contribution in [3.05, 3.63) is 76.6 Å². The van der Waals surface area contributed by atoms with Gasteiger partial charge in [-0.15, -0.1) is 0 Å². The molecule has 0 bridgehead atoms. The molecule has 3 aromatic rings. The van der Waals surface area contributed by atoms with Gasteiger partial charge in [-0.25, -0.2) is 12.8 Å². The number of carbonyl (C=O) groups is 2. The molecule has 1 amide bonds. The number of anilines is 1. The fourth-order valence-corrected chi connectivity index (χ4v) is 4.85. The van der Waals surface area contributed by atoms with Crippen molar-refractivity contribution in [2.75, 3.05) is 5.32 Å². The van der Waals surface area contributed by atoms with Crippen LogP contribution in [0, 0.1) is 12.7 Å². The van der Waals surface area contributed by atoms with Crippen molar-refractivity contribution in [3.8, 4) is 17.2 Å². The Balaban J connectivity index is 1.85. The lowest BCUT2D eigenvalue weighted by atomic mass is 10.2. The van der Waals surface area contributed by atoms with Crippen LogP contribution in [0.2, 0.25) is 5.02 Å². The van der Waals surface area contributed by atoms with E-state index in [4.69, 9.17) is 21.4 Å². The van der Waals surface area contributed by atoms with Crippen molar-refractivity contribution in [1.29, 1.82) is 0 Å². The first-order valence-electron chi connectivity index (χ1n) is 9.74. The fraction of sp³-hybridized carbons (Fsp3) is 0.130. The monoisotopic (exact) mass is 507 g/mol. The number of carboxylic acids is 1. The number of aryl methyl sites for hydroxylation is 1. The van der Waals surface area contributed by atoms with Crippen LogP contribution in [-0.2, 0) is 25.2 Å². The molecule has 0 aliphatic carbocycles. The number of halogens is 2. The van der Waals surface area contributed by atoms with Crippen molar-refractivity contribution in [2.24, 2.45) is 0 Å². The Morgan fingerprint density at radius 2 is 1.76 bits per heavy atom. The Morgan fingerprint density at radius 3 is 2.38 bits per heavy atom. The number of phenolic OH excluding ortho intramolecular Hbond substituents is 1. The van der Waals surface area contributed by atoms with E-state index in [0.717, 1.165) is 24.3 Å². The molecule has 3 aromatic carbocycles. The summed E-state index contributed by atoms with van der Waals surface area (Å²) in [4.78, 5) is 21.9. The van der Waals surface area contributed by atoms with Crippen molar-refractivity contribution < 1.29 is 37.3 Å². The first kappa shape index (κ1) is 25.0. The quantitative estimate of drug-likeness (QED) is 0.377. The number of aliphatic carboxylic acids is 1. The largest absolute Gasteiger partial charge is 0.507 e. The number of ether oxygens (including phenoxy) is 1. The van der Waals surface area contributed by atoms with Gasteiger partial charge < -0.3 is 20.3 Å². The molecule has 0 fully saturated rings. The van der Waals surface area contributed by atoms with Crippen molar-refractivity contribution >= 4 is 39.0 Å². The molecule has 0 saturated heterocycles. The van der Waals surface area contributed by atoms with Gasteiger partial charge in [-0.2, -0.15) is 0 Å². The average Bonchev–Trinajstić information content (AvgIpc) is 2.72. The molecule has 3 rings (SSSR count). The van der Waals surface area contributed by atoms with E-state index in [-0.39, 0.29) is 27.1 Å². The SMILES string of the molecule is Cc1cc(NC(=O)CC(=O)O)cc(Cl)c1Oc1ccc(O)c(S(=O)(=O)Cc2ccc(F)cc2)c1. The van der Waals surface area contributed by atoms with Gasteiger partial charge in [0.1, 0.15) is 34.4 Å². The van der Waals surface area contributed by atoms with E-state index in [9.17, 15) is 27.5 Å². The molecule has 0 radical (unpaired) electrons. The van der Waals surface area contributed by atoms with Gasteiger partial charge in [0.05, 0.1) is 10.8 Å². The van der Waals surface area contributed by atoms with E-state index < -0.39 is 45.5 Å². The third kappa shape index (κ3) is 6.24. The summed E-state index contributed by atoms with van der Waals surface area (Å²) in [5, 5.41) is 21.3. The number of benzene rings is 3. The first-order chi connectivity index (χ1) is 15.9. The van der Waals surface area contributed by atoms with Crippen LogP contribution in [0.3, 0.4) is 0 Å². The topological polar surface area (TPSA) is 130 Å². The second-order valence-corrected chi connectivity index (χ2v) is 9.71. The molecular weight excluding hydrogens is 489 g/mol. The Kier molecular flexibility index (Phi) is 7.43. The molecular formula is C23H19ClFNO7S. The molecule has 0 atom stereocenters. The van der Waals surface area contributed by atoms with Gasteiger partial charge >= 0.3 is 5.97 Å². The zero-order chi connectivity index (χ0) is 25.0. The Bertz CT molecular complexity index is 1340. The molecule has 8 nitrogen and oxygen atoms in total. The molecule has 0 unspecified atom stereocenters. The van der Waals surface area contributed by atoms with E-state index in [1.54, 1.807) is 6.92 Å². The number of carbonyl (C=O) groups excluding carboxylic acids is 1. The normalized spacial score (nSPS) is 11.1. The predicted molar refractivity (Wildman–Crippen MR) is 123 cm³/mol. The highest BCUT2D eigenvalue weighted by atomic mass is 35.5. The Morgan fingerprint density at radius 1 is 1.09 bits per heavy atom. The van der Waals surface area contributed by atoms with Gasteiger partial charge in [-0.3, -0.25) is 9.59 Å². The fourth-order valence-electron chi connectivity index (χ4n) is 3.08. The standard InChI is InChI=1S/C23H19ClFNO7S/c1-13-8-16(26-21(28)11-22(29)30)9-18(24)23(13)33-17-6-7-19(27)20(10-17)34(31,32)12-14-2-4-15(25)5-3-14/h2-10,27H,11-12H2,1H3,(H,26,28)(H,29,30). The Hall–Kier alpha value is -3.63. The van der Waals surface area contributed by atoms with Crippen LogP contribution in [0.5, 0.6) is 17.2 Å². The summed E-state index contributed by atoms with van der Waals surface area (Å²) in [6, 6.07) is 11.5. The molecule has 3 N–H and O–H groups in total. The van der Waals surface area contributed by atoms with Crippen LogP contribution < -0.4 is 10.1 Å². The molecule has 0 spiro atoms. The Labute approximate surface area is 199 Å². The van der Waals surface area contributed by atoms with Gasteiger partial charge in [0.25, 0.3) is 0 Å². The van der Waals surface area contributed by atoms with Crippen LogP contribution in [0.25, 0.3) is 0 Å². The van der Waals surface area contributed by atoms with Crippen molar-refractivity contribution in [1.82, 2.24) is 0 Å². The summed E-state index contributed by atoms with van der Waals surface area (Å²) in [7, 11) is -4.00. The smallest absolute Gasteiger partial charge is 0.312 e. The highest BCUT2D eigenvalue weighted by molar-refractivity contribution is 7.90. The molecule has 11 heteroatoms. The number of hydrogen-bond donors (Lipinski definition) is 3. The second-order valence-electron chi connectivity index (χ2n) is 7.34. The lowest BCUT2D eigenvalue weighted by Gasteiger charge is -2.14. The van der Waals surface area contributed by atoms with Gasteiger partial charge in [0.15, 0.2) is 9.84 Å². The van der Waals surface area contributed by atoms with Crippen LogP contribution in [0.4, 0.5) is 10.1 Å². The number of phenols is 1. The molecule has 178 valence electrons. The van der Waals surface area contributed by atoms with Crippen molar-refractivity contribution in [3.63, 3.8) is 0 Å². The number of amides is 1. The summed E-state index contributed by atoms with van der Waals surface area (Å²) in [6.07, 6.45) is -0.711. The predicted octanol–water partition coefficient (Wildman–Crippen LogP) is 4.67. The molecule has 34 heavy (non-hydrogen) atoms. The van der Waals surface area contributed by atoms with E-state index in [0.29, 0.717) is 11.1 Å². The van der Waals surface area contributed by atoms with Crippen LogP contribution in [-0.4, -0.2) is 30.5 Å². The molecule has 0 heterocycles. The van der Waals surface area contributed by atoms with Gasteiger partial charge in [-0.05, 0) is 54.4 Å². The lowest BCUT2D eigenvalue weighted by molar-refractivity contribution is -0.139. The summed E-state index contributed by atoms with van der Waals surface area (Å²) in [5.41, 5.74) is 1.07. The summed E-state index contributed by atoms with van der Waals surface area (Å²) < 4.78 is 44.6. The van der Waals surface area contributed by atoms with Crippen LogP contribution in [0.15, 0.2) is 59.5 Å². The van der Waals surface area contributed by atoms with E-state index in [2.05, 4.69) is 5.32 Å². The maximum Gasteiger partial charge on any atom is 0.312 e. The first-order valence-corrected chi connectivity index (χ1v) is 11.8. The minimum Gasteiger partial charge on any atom is -0.507 e. The zero-order valence-corrected chi connectivity index (χ0v) is 19.3. The van der Waals surface area contributed by atoms with Gasteiger partial charge in [-0.1, -0.05) is 23.7 Å². The van der Waals surface area contributed by atoms with Crippen LogP contribution >= 0.6 is 11.6 Å². The summed E-state index contributed by atoms with van der Waals surface area (Å²) in [6.45, 7) is 1.63. The minimum atomic E-state index is -4.00. The number of rotatable bonds is 8. The highest BCUT2D eigenvalue weighted by Crippen LogP contribution is 2.38. The third-order valence-corrected chi connectivity index (χ3v) is 6.57. The van der Waals surface area contributed by atoms with Gasteiger partial charge in [0.2, 0.25) is 5.91 Å². The van der Waals surface area contributed by atoms with E-state index in [1.807, 2.05) is 0 Å². The maximum absolute atomic E-state index is 13.1. The molecule has 0 aromatic heterocycles.